The van der Waals surface area contributed by atoms with E-state index < -0.39 is 5.97 Å². The van der Waals surface area contributed by atoms with Crippen LogP contribution in [0.25, 0.3) is 10.8 Å². The summed E-state index contributed by atoms with van der Waals surface area (Å²) in [5.74, 6) is -0.428. The second-order valence-corrected chi connectivity index (χ2v) is 4.08. The number of benzene rings is 2. The van der Waals surface area contributed by atoms with Gasteiger partial charge in [0.25, 0.3) is 0 Å². The third kappa shape index (κ3) is 2.74. The quantitative estimate of drug-likeness (QED) is 0.611. The molecule has 0 fully saturated rings. The van der Waals surface area contributed by atoms with Gasteiger partial charge in [0.05, 0.1) is 13.2 Å². The number of methoxy groups -OCH3 is 1. The lowest BCUT2D eigenvalue weighted by molar-refractivity contribution is -0.132. The van der Waals surface area contributed by atoms with Gasteiger partial charge in [-0.25, -0.2) is 4.79 Å². The van der Waals surface area contributed by atoms with Crippen molar-refractivity contribution in [1.29, 1.82) is 0 Å². The number of carbonyl (C=O) groups is 1. The number of hydrogen-bond acceptors (Lipinski definition) is 3. The van der Waals surface area contributed by atoms with Crippen molar-refractivity contribution in [3.05, 3.63) is 48.0 Å². The molecular weight excluding hydrogens is 226 g/mol. The van der Waals surface area contributed by atoms with Crippen molar-refractivity contribution < 1.29 is 9.53 Å². The van der Waals surface area contributed by atoms with E-state index in [-0.39, 0.29) is 6.04 Å². The molecule has 0 spiro atoms. The zero-order chi connectivity index (χ0) is 13.0. The van der Waals surface area contributed by atoms with Crippen molar-refractivity contribution in [3.63, 3.8) is 0 Å². The number of hydrogen-bond donors (Lipinski definition) is 0. The van der Waals surface area contributed by atoms with E-state index in [0.29, 0.717) is 0 Å². The Balaban J connectivity index is 2.25. The first-order valence-corrected chi connectivity index (χ1v) is 5.80. The molecule has 3 nitrogen and oxygen atoms in total. The summed E-state index contributed by atoms with van der Waals surface area (Å²) in [5.41, 5.74) is 1.08. The van der Waals surface area contributed by atoms with Crippen LogP contribution in [0.3, 0.4) is 0 Å². The zero-order valence-electron chi connectivity index (χ0n) is 10.5. The highest BCUT2D eigenvalue weighted by molar-refractivity contribution is 6.23. The van der Waals surface area contributed by atoms with Gasteiger partial charge in [0.1, 0.15) is 6.21 Å². The molecule has 0 heterocycles. The van der Waals surface area contributed by atoms with Crippen LogP contribution in [0.1, 0.15) is 18.5 Å². The fourth-order valence-corrected chi connectivity index (χ4v) is 1.78. The van der Waals surface area contributed by atoms with Gasteiger partial charge in [0.2, 0.25) is 0 Å². The van der Waals surface area contributed by atoms with Crippen molar-refractivity contribution in [2.75, 3.05) is 7.11 Å². The molecule has 2 aromatic carbocycles. The van der Waals surface area contributed by atoms with Crippen LogP contribution in [0, 0.1) is 0 Å². The Morgan fingerprint density at radius 2 is 1.94 bits per heavy atom. The summed E-state index contributed by atoms with van der Waals surface area (Å²) in [5, 5.41) is 2.38. The summed E-state index contributed by atoms with van der Waals surface area (Å²) in [6.07, 6.45) is 1.22. The summed E-state index contributed by atoms with van der Waals surface area (Å²) >= 11 is 0. The van der Waals surface area contributed by atoms with Crippen LogP contribution in [0.5, 0.6) is 0 Å². The van der Waals surface area contributed by atoms with E-state index in [9.17, 15) is 4.79 Å². The molecule has 18 heavy (non-hydrogen) atoms. The number of carbonyl (C=O) groups excluding carboxylic acids is 1. The molecule has 0 aliphatic heterocycles. The van der Waals surface area contributed by atoms with Gasteiger partial charge in [-0.05, 0) is 29.3 Å². The Morgan fingerprint density at radius 3 is 2.67 bits per heavy atom. The number of aliphatic imine (C=N–C) groups is 1. The van der Waals surface area contributed by atoms with Crippen LogP contribution >= 0.6 is 0 Å². The van der Waals surface area contributed by atoms with E-state index in [1.807, 2.05) is 25.1 Å². The number of ether oxygens (including phenoxy) is 1. The Hall–Kier alpha value is -2.16. The maximum Gasteiger partial charge on any atom is 0.348 e. The van der Waals surface area contributed by atoms with Gasteiger partial charge in [0.15, 0.2) is 0 Å². The highest BCUT2D eigenvalue weighted by Gasteiger charge is 2.04. The topological polar surface area (TPSA) is 38.7 Å². The normalized spacial score (nSPS) is 12.8. The lowest BCUT2D eigenvalue weighted by atomic mass is 10.0. The molecule has 0 amide bonds. The Kier molecular flexibility index (Phi) is 3.72. The second kappa shape index (κ2) is 5.45. The highest BCUT2D eigenvalue weighted by Crippen LogP contribution is 2.22. The van der Waals surface area contributed by atoms with Gasteiger partial charge in [0, 0.05) is 0 Å². The van der Waals surface area contributed by atoms with Crippen LogP contribution in [0.4, 0.5) is 0 Å². The standard InChI is InChI=1S/C15H15NO2/c1-11(16-10-15(17)18-2)13-8-7-12-5-3-4-6-14(12)9-13/h3-11H,1-2H3. The number of rotatable bonds is 3. The zero-order valence-corrected chi connectivity index (χ0v) is 10.5. The summed E-state index contributed by atoms with van der Waals surface area (Å²) in [4.78, 5) is 15.2. The summed E-state index contributed by atoms with van der Waals surface area (Å²) < 4.78 is 4.52. The third-order valence-corrected chi connectivity index (χ3v) is 2.86. The fraction of sp³-hybridized carbons (Fsp3) is 0.200. The molecule has 0 aliphatic carbocycles. The van der Waals surface area contributed by atoms with Crippen molar-refractivity contribution in [2.24, 2.45) is 4.99 Å². The van der Waals surface area contributed by atoms with Gasteiger partial charge in [-0.3, -0.25) is 4.99 Å². The maximum absolute atomic E-state index is 11.0. The molecule has 0 saturated carbocycles. The first-order chi connectivity index (χ1) is 8.70. The minimum Gasteiger partial charge on any atom is -0.465 e. The van der Waals surface area contributed by atoms with Crippen LogP contribution in [0.15, 0.2) is 47.5 Å². The lowest BCUT2D eigenvalue weighted by Crippen LogP contribution is -2.02. The number of fused-ring (bicyclic) bond motifs is 1. The molecule has 2 rings (SSSR count). The molecule has 3 heteroatoms. The van der Waals surface area contributed by atoms with E-state index >= 15 is 0 Å². The molecule has 1 unspecified atom stereocenters. The first kappa shape index (κ1) is 12.3. The van der Waals surface area contributed by atoms with Crippen LogP contribution in [-0.2, 0) is 9.53 Å². The number of esters is 1. The van der Waals surface area contributed by atoms with E-state index in [1.165, 1.54) is 24.1 Å². The molecular formula is C15H15NO2. The van der Waals surface area contributed by atoms with Gasteiger partial charge in [-0.2, -0.15) is 0 Å². The van der Waals surface area contributed by atoms with E-state index in [2.05, 4.69) is 34.0 Å². The van der Waals surface area contributed by atoms with Crippen LogP contribution in [0.2, 0.25) is 0 Å². The van der Waals surface area contributed by atoms with Crippen molar-refractivity contribution in [3.8, 4) is 0 Å². The van der Waals surface area contributed by atoms with Gasteiger partial charge in [-0.15, -0.1) is 0 Å². The molecule has 0 aromatic heterocycles. The largest absolute Gasteiger partial charge is 0.465 e. The third-order valence-electron chi connectivity index (χ3n) is 2.86. The Labute approximate surface area is 106 Å². The molecule has 92 valence electrons. The summed E-state index contributed by atoms with van der Waals surface area (Å²) in [6.45, 7) is 1.95. The predicted molar refractivity (Wildman–Crippen MR) is 72.9 cm³/mol. The van der Waals surface area contributed by atoms with Gasteiger partial charge < -0.3 is 4.74 Å². The first-order valence-electron chi connectivity index (χ1n) is 5.80. The average molecular weight is 241 g/mol. The minimum atomic E-state index is -0.428. The molecule has 1 atom stereocenters. The van der Waals surface area contributed by atoms with Crippen LogP contribution in [-0.4, -0.2) is 19.3 Å². The van der Waals surface area contributed by atoms with Gasteiger partial charge >= 0.3 is 5.97 Å². The monoisotopic (exact) mass is 241 g/mol. The molecule has 2 aromatic rings. The SMILES string of the molecule is COC(=O)C=NC(C)c1ccc2ccccc2c1. The van der Waals surface area contributed by atoms with Crippen molar-refractivity contribution in [1.82, 2.24) is 0 Å². The maximum atomic E-state index is 11.0. The highest BCUT2D eigenvalue weighted by atomic mass is 16.5. The van der Waals surface area contributed by atoms with Crippen molar-refractivity contribution >= 4 is 23.0 Å². The van der Waals surface area contributed by atoms with Crippen molar-refractivity contribution in [2.45, 2.75) is 13.0 Å². The lowest BCUT2D eigenvalue weighted by Gasteiger charge is -2.07. The average Bonchev–Trinajstić information content (AvgIpc) is 2.43. The predicted octanol–water partition coefficient (Wildman–Crippen LogP) is 3.14. The van der Waals surface area contributed by atoms with Crippen LogP contribution < -0.4 is 0 Å². The summed E-state index contributed by atoms with van der Waals surface area (Å²) in [7, 11) is 1.34. The van der Waals surface area contributed by atoms with E-state index in [1.54, 1.807) is 0 Å². The summed E-state index contributed by atoms with van der Waals surface area (Å²) in [6, 6.07) is 14.3. The molecule has 0 radical (unpaired) electrons. The molecule has 0 aliphatic rings. The Bertz CT molecular complexity index is 590. The fourth-order valence-electron chi connectivity index (χ4n) is 1.78. The minimum absolute atomic E-state index is 0.0614. The molecule has 0 bridgehead atoms. The van der Waals surface area contributed by atoms with E-state index in [4.69, 9.17) is 0 Å². The molecule has 0 N–H and O–H groups in total. The molecule has 0 saturated heterocycles. The second-order valence-electron chi connectivity index (χ2n) is 4.08. The van der Waals surface area contributed by atoms with Gasteiger partial charge in [-0.1, -0.05) is 36.4 Å². The smallest absolute Gasteiger partial charge is 0.348 e. The Morgan fingerprint density at radius 1 is 1.22 bits per heavy atom. The van der Waals surface area contributed by atoms with E-state index in [0.717, 1.165) is 5.56 Å². The number of nitrogens with zero attached hydrogens (tertiary/aromatic N) is 1.